The molecule has 1 aromatic carbocycles. The quantitative estimate of drug-likeness (QED) is 0.741. The average Bonchev–Trinajstić information content (AvgIpc) is 2.18. The summed E-state index contributed by atoms with van der Waals surface area (Å²) in [5, 5.41) is 1.08. The van der Waals surface area contributed by atoms with Crippen molar-refractivity contribution in [2.75, 3.05) is 27.2 Å². The van der Waals surface area contributed by atoms with Crippen molar-refractivity contribution in [2.24, 2.45) is 0 Å². The molecule has 84 valence electrons. The molecule has 0 N–H and O–H groups in total. The van der Waals surface area contributed by atoms with Gasteiger partial charge < -0.3 is 9.64 Å². The van der Waals surface area contributed by atoms with Crippen LogP contribution in [0.15, 0.2) is 18.2 Å². The first kappa shape index (κ1) is 12.6. The van der Waals surface area contributed by atoms with E-state index in [0.717, 1.165) is 18.7 Å². The van der Waals surface area contributed by atoms with E-state index in [1.165, 1.54) is 0 Å². The minimum atomic E-state index is 0.529. The second kappa shape index (κ2) is 6.21. The molecule has 0 saturated carbocycles. The van der Waals surface area contributed by atoms with Gasteiger partial charge in [0.1, 0.15) is 5.75 Å². The number of hydrogen-bond donors (Lipinski definition) is 0. The highest BCUT2D eigenvalue weighted by Crippen LogP contribution is 2.26. The summed E-state index contributed by atoms with van der Waals surface area (Å²) in [5.41, 5.74) is 0. The van der Waals surface area contributed by atoms with Crippen LogP contribution in [-0.2, 0) is 0 Å². The van der Waals surface area contributed by atoms with Crippen LogP contribution >= 0.6 is 23.2 Å². The fraction of sp³-hybridized carbons (Fsp3) is 0.455. The summed E-state index contributed by atoms with van der Waals surface area (Å²) in [6, 6.07) is 5.30. The summed E-state index contributed by atoms with van der Waals surface area (Å²) in [6.45, 7) is 1.71. The highest BCUT2D eigenvalue weighted by Gasteiger charge is 2.00. The molecule has 0 spiro atoms. The first-order valence-electron chi connectivity index (χ1n) is 4.82. The van der Waals surface area contributed by atoms with Crippen LogP contribution in [0.3, 0.4) is 0 Å². The zero-order valence-corrected chi connectivity index (χ0v) is 10.5. The molecule has 0 aromatic heterocycles. The zero-order chi connectivity index (χ0) is 11.3. The molecule has 0 atom stereocenters. The first-order valence-corrected chi connectivity index (χ1v) is 5.58. The van der Waals surface area contributed by atoms with Crippen molar-refractivity contribution >= 4 is 23.2 Å². The molecule has 0 heterocycles. The lowest BCUT2D eigenvalue weighted by Gasteiger charge is -2.10. The Hall–Kier alpha value is -0.440. The van der Waals surface area contributed by atoms with E-state index < -0.39 is 0 Å². The van der Waals surface area contributed by atoms with Gasteiger partial charge in [-0.15, -0.1) is 0 Å². The highest BCUT2D eigenvalue weighted by atomic mass is 35.5. The summed E-state index contributed by atoms with van der Waals surface area (Å²) < 4.78 is 5.52. The van der Waals surface area contributed by atoms with E-state index in [2.05, 4.69) is 4.90 Å². The van der Waals surface area contributed by atoms with Crippen molar-refractivity contribution in [3.05, 3.63) is 28.2 Å². The van der Waals surface area contributed by atoms with E-state index in [1.807, 2.05) is 20.2 Å². The second-order valence-corrected chi connectivity index (χ2v) is 4.40. The lowest BCUT2D eigenvalue weighted by molar-refractivity contribution is 0.281. The molecule has 0 fully saturated rings. The smallest absolute Gasteiger partial charge is 0.120 e. The molecule has 0 aliphatic heterocycles. The normalized spacial score (nSPS) is 10.7. The minimum Gasteiger partial charge on any atom is -0.493 e. The van der Waals surface area contributed by atoms with E-state index in [4.69, 9.17) is 27.9 Å². The van der Waals surface area contributed by atoms with Gasteiger partial charge in [-0.1, -0.05) is 23.2 Å². The van der Waals surface area contributed by atoms with Crippen LogP contribution < -0.4 is 4.74 Å². The SMILES string of the molecule is CN(C)CCCOc1ccc(Cl)c(Cl)c1. The molecule has 1 aromatic rings. The van der Waals surface area contributed by atoms with Crippen molar-refractivity contribution in [1.29, 1.82) is 0 Å². The Labute approximate surface area is 101 Å². The van der Waals surface area contributed by atoms with E-state index in [9.17, 15) is 0 Å². The third-order valence-electron chi connectivity index (χ3n) is 1.91. The topological polar surface area (TPSA) is 12.5 Å². The summed E-state index contributed by atoms with van der Waals surface area (Å²) in [6.07, 6.45) is 0.993. The van der Waals surface area contributed by atoms with Gasteiger partial charge in [0.25, 0.3) is 0 Å². The molecule has 0 amide bonds. The van der Waals surface area contributed by atoms with E-state index in [1.54, 1.807) is 12.1 Å². The fourth-order valence-corrected chi connectivity index (χ4v) is 1.43. The van der Waals surface area contributed by atoms with Gasteiger partial charge in [0, 0.05) is 12.6 Å². The van der Waals surface area contributed by atoms with Crippen LogP contribution in [0.4, 0.5) is 0 Å². The molecule has 4 heteroatoms. The van der Waals surface area contributed by atoms with Crippen molar-refractivity contribution in [1.82, 2.24) is 4.90 Å². The molecule has 0 aliphatic rings. The molecule has 0 unspecified atom stereocenters. The number of nitrogens with zero attached hydrogens (tertiary/aromatic N) is 1. The van der Waals surface area contributed by atoms with Gasteiger partial charge in [0.2, 0.25) is 0 Å². The summed E-state index contributed by atoms with van der Waals surface area (Å²) >= 11 is 11.6. The zero-order valence-electron chi connectivity index (χ0n) is 8.96. The number of hydrogen-bond acceptors (Lipinski definition) is 2. The Morgan fingerprint density at radius 1 is 1.20 bits per heavy atom. The van der Waals surface area contributed by atoms with Crippen LogP contribution in [-0.4, -0.2) is 32.1 Å². The first-order chi connectivity index (χ1) is 7.09. The Kier molecular flexibility index (Phi) is 5.23. The number of halogens is 2. The minimum absolute atomic E-state index is 0.529. The van der Waals surface area contributed by atoms with Crippen molar-refractivity contribution in [3.8, 4) is 5.75 Å². The molecule has 0 saturated heterocycles. The van der Waals surface area contributed by atoms with Gasteiger partial charge >= 0.3 is 0 Å². The number of ether oxygens (including phenoxy) is 1. The summed E-state index contributed by atoms with van der Waals surface area (Å²) in [4.78, 5) is 2.12. The van der Waals surface area contributed by atoms with E-state index >= 15 is 0 Å². The van der Waals surface area contributed by atoms with Gasteiger partial charge in [-0.25, -0.2) is 0 Å². The van der Waals surface area contributed by atoms with E-state index in [-0.39, 0.29) is 0 Å². The van der Waals surface area contributed by atoms with Crippen LogP contribution in [0.5, 0.6) is 5.75 Å². The molecule has 0 aliphatic carbocycles. The predicted molar refractivity (Wildman–Crippen MR) is 65.1 cm³/mol. The molecule has 15 heavy (non-hydrogen) atoms. The van der Waals surface area contributed by atoms with Gasteiger partial charge in [-0.05, 0) is 32.6 Å². The number of benzene rings is 1. The maximum Gasteiger partial charge on any atom is 0.120 e. The maximum absolute atomic E-state index is 5.86. The lowest BCUT2D eigenvalue weighted by Crippen LogP contribution is -2.15. The van der Waals surface area contributed by atoms with Gasteiger partial charge in [0.05, 0.1) is 16.7 Å². The average molecular weight is 248 g/mol. The Morgan fingerprint density at radius 2 is 1.93 bits per heavy atom. The third-order valence-corrected chi connectivity index (χ3v) is 2.65. The third kappa shape index (κ3) is 4.74. The predicted octanol–water partition coefficient (Wildman–Crippen LogP) is 3.32. The monoisotopic (exact) mass is 247 g/mol. The van der Waals surface area contributed by atoms with Crippen LogP contribution in [0.2, 0.25) is 10.0 Å². The summed E-state index contributed by atoms with van der Waals surface area (Å²) in [7, 11) is 4.08. The number of rotatable bonds is 5. The van der Waals surface area contributed by atoms with Crippen LogP contribution in [0, 0.1) is 0 Å². The molecule has 1 rings (SSSR count). The highest BCUT2D eigenvalue weighted by molar-refractivity contribution is 6.42. The molecule has 2 nitrogen and oxygen atoms in total. The van der Waals surface area contributed by atoms with Gasteiger partial charge in [-0.3, -0.25) is 0 Å². The summed E-state index contributed by atoms with van der Waals surface area (Å²) in [5.74, 6) is 0.767. The van der Waals surface area contributed by atoms with Crippen molar-refractivity contribution < 1.29 is 4.74 Å². The maximum atomic E-state index is 5.86. The fourth-order valence-electron chi connectivity index (χ4n) is 1.14. The molecular weight excluding hydrogens is 233 g/mol. The standard InChI is InChI=1S/C11H15Cl2NO/c1-14(2)6-3-7-15-9-4-5-10(12)11(13)8-9/h4-5,8H,3,6-7H2,1-2H3. The van der Waals surface area contributed by atoms with E-state index in [0.29, 0.717) is 16.7 Å². The lowest BCUT2D eigenvalue weighted by atomic mass is 10.3. The Bertz CT molecular complexity index is 315. The Balaban J connectivity index is 2.35. The van der Waals surface area contributed by atoms with Crippen molar-refractivity contribution in [2.45, 2.75) is 6.42 Å². The molecule has 0 bridgehead atoms. The van der Waals surface area contributed by atoms with Gasteiger partial charge in [-0.2, -0.15) is 0 Å². The van der Waals surface area contributed by atoms with Crippen LogP contribution in [0.1, 0.15) is 6.42 Å². The van der Waals surface area contributed by atoms with Crippen LogP contribution in [0.25, 0.3) is 0 Å². The largest absolute Gasteiger partial charge is 0.493 e. The molecular formula is C11H15Cl2NO. The van der Waals surface area contributed by atoms with Gasteiger partial charge in [0.15, 0.2) is 0 Å². The second-order valence-electron chi connectivity index (χ2n) is 3.58. The Morgan fingerprint density at radius 3 is 2.53 bits per heavy atom. The molecule has 0 radical (unpaired) electrons. The van der Waals surface area contributed by atoms with Crippen molar-refractivity contribution in [3.63, 3.8) is 0 Å².